The Kier molecular flexibility index (Phi) is 0.717. The van der Waals surface area contributed by atoms with Crippen molar-refractivity contribution in [1.29, 1.82) is 0 Å². The zero-order valence-electron chi connectivity index (χ0n) is 4.39. The van der Waals surface area contributed by atoms with Gasteiger partial charge in [0.25, 0.3) is 0 Å². The molecule has 0 saturated carbocycles. The van der Waals surface area contributed by atoms with Gasteiger partial charge in [-0.2, -0.15) is 4.52 Å². The molecule has 1 radical (unpaired) electrons. The van der Waals surface area contributed by atoms with Gasteiger partial charge < -0.3 is 0 Å². The van der Waals surface area contributed by atoms with E-state index in [1.165, 1.54) is 17.0 Å². The molecule has 0 unspecified atom stereocenters. The quantitative estimate of drug-likeness (QED) is 0.462. The van der Waals surface area contributed by atoms with Crippen molar-refractivity contribution >= 4 is 5.65 Å². The third kappa shape index (κ3) is 0.543. The highest BCUT2D eigenvalue weighted by atomic mass is 15.4. The molecule has 43 valence electrons. The smallest absolute Gasteiger partial charge is 0.201 e. The Hall–Kier alpha value is -1.52. The summed E-state index contributed by atoms with van der Waals surface area (Å²) in [4.78, 5) is 7.35. The van der Waals surface area contributed by atoms with Gasteiger partial charge in [-0.1, -0.05) is 5.21 Å². The molecule has 5 heteroatoms. The highest BCUT2D eigenvalue weighted by Crippen LogP contribution is 1.87. The summed E-state index contributed by atoms with van der Waals surface area (Å²) in [6.45, 7) is 0. The molecule has 0 fully saturated rings. The molecular weight excluding hydrogens is 118 g/mol. The average Bonchev–Trinajstić information content (AvgIpc) is 2.33. The van der Waals surface area contributed by atoms with Crippen LogP contribution in [0, 0.1) is 6.33 Å². The fourth-order valence-electron chi connectivity index (χ4n) is 0.561. The van der Waals surface area contributed by atoms with E-state index in [-0.39, 0.29) is 0 Å². The lowest BCUT2D eigenvalue weighted by Crippen LogP contribution is -1.90. The second kappa shape index (κ2) is 1.48. The molecule has 0 atom stereocenters. The Morgan fingerprint density at radius 2 is 2.56 bits per heavy atom. The van der Waals surface area contributed by atoms with Crippen molar-refractivity contribution < 1.29 is 0 Å². The maximum atomic E-state index is 3.74. The maximum absolute atomic E-state index is 3.74. The van der Waals surface area contributed by atoms with Gasteiger partial charge in [-0.05, 0) is 0 Å². The largest absolute Gasteiger partial charge is 0.213 e. The number of fused-ring (bicyclic) bond motifs is 1. The van der Waals surface area contributed by atoms with Crippen LogP contribution in [0.3, 0.4) is 0 Å². The van der Waals surface area contributed by atoms with Crippen molar-refractivity contribution in [2.45, 2.75) is 0 Å². The minimum atomic E-state index is 0.657. The fourth-order valence-corrected chi connectivity index (χ4v) is 0.561. The summed E-state index contributed by atoms with van der Waals surface area (Å²) in [6.07, 6.45) is 5.46. The van der Waals surface area contributed by atoms with E-state index in [9.17, 15) is 0 Å². The number of nitrogens with zero attached hydrogens (tertiary/aromatic N) is 5. The Bertz CT molecular complexity index is 283. The number of aromatic nitrogens is 5. The molecule has 2 rings (SSSR count). The van der Waals surface area contributed by atoms with Gasteiger partial charge in [-0.25, -0.2) is 9.97 Å². The van der Waals surface area contributed by atoms with Crippen LogP contribution in [0.1, 0.15) is 0 Å². The van der Waals surface area contributed by atoms with E-state index in [1.54, 1.807) is 0 Å². The minimum absolute atomic E-state index is 0.657. The SMILES string of the molecule is [c]1ncn2nncc2n1. The summed E-state index contributed by atoms with van der Waals surface area (Å²) < 4.78 is 1.47. The van der Waals surface area contributed by atoms with E-state index in [1.807, 2.05) is 0 Å². The van der Waals surface area contributed by atoms with Crippen molar-refractivity contribution in [3.63, 3.8) is 0 Å². The molecule has 0 aliphatic rings. The van der Waals surface area contributed by atoms with Crippen LogP contribution < -0.4 is 0 Å². The number of rotatable bonds is 0. The number of hydrogen-bond acceptors (Lipinski definition) is 4. The van der Waals surface area contributed by atoms with E-state index in [2.05, 4.69) is 26.6 Å². The molecule has 0 N–H and O–H groups in total. The Morgan fingerprint density at radius 3 is 3.44 bits per heavy atom. The van der Waals surface area contributed by atoms with Crippen LogP contribution in [0.5, 0.6) is 0 Å². The van der Waals surface area contributed by atoms with Gasteiger partial charge >= 0.3 is 0 Å². The molecule has 0 spiro atoms. The molecule has 5 nitrogen and oxygen atoms in total. The molecule has 2 aromatic rings. The highest BCUT2D eigenvalue weighted by molar-refractivity contribution is 5.29. The van der Waals surface area contributed by atoms with Gasteiger partial charge in [0.15, 0.2) is 5.65 Å². The summed E-state index contributed by atoms with van der Waals surface area (Å²) in [5.41, 5.74) is 0.657. The summed E-state index contributed by atoms with van der Waals surface area (Å²) in [6, 6.07) is 0. The molecule has 0 aliphatic heterocycles. The van der Waals surface area contributed by atoms with E-state index < -0.39 is 0 Å². The second-order valence-electron chi connectivity index (χ2n) is 1.49. The van der Waals surface area contributed by atoms with Gasteiger partial charge in [0.2, 0.25) is 6.33 Å². The number of hydrogen-bond donors (Lipinski definition) is 0. The lowest BCUT2D eigenvalue weighted by Gasteiger charge is -1.81. The van der Waals surface area contributed by atoms with Crippen molar-refractivity contribution in [3.05, 3.63) is 18.9 Å². The predicted octanol–water partition coefficient (Wildman–Crippen LogP) is -0.681. The third-order valence-electron chi connectivity index (χ3n) is 0.945. The van der Waals surface area contributed by atoms with Gasteiger partial charge in [0, 0.05) is 0 Å². The molecule has 2 aromatic heterocycles. The van der Waals surface area contributed by atoms with Crippen molar-refractivity contribution in [1.82, 2.24) is 24.8 Å². The van der Waals surface area contributed by atoms with Crippen molar-refractivity contribution in [3.8, 4) is 0 Å². The third-order valence-corrected chi connectivity index (χ3v) is 0.945. The minimum Gasteiger partial charge on any atom is -0.213 e. The first kappa shape index (κ1) is 4.37. The van der Waals surface area contributed by atoms with Gasteiger partial charge in [0.1, 0.15) is 6.33 Å². The summed E-state index contributed by atoms with van der Waals surface area (Å²) in [5, 5.41) is 7.23. The van der Waals surface area contributed by atoms with E-state index in [0.29, 0.717) is 5.65 Å². The van der Waals surface area contributed by atoms with Crippen molar-refractivity contribution in [2.24, 2.45) is 0 Å². The van der Waals surface area contributed by atoms with Gasteiger partial charge in [0.05, 0.1) is 6.20 Å². The lowest BCUT2D eigenvalue weighted by atomic mass is 10.8. The topological polar surface area (TPSA) is 56.0 Å². The van der Waals surface area contributed by atoms with Crippen LogP contribution in [0.25, 0.3) is 5.65 Å². The van der Waals surface area contributed by atoms with Gasteiger partial charge in [-0.15, -0.1) is 5.10 Å². The monoisotopic (exact) mass is 120 g/mol. The Morgan fingerprint density at radius 1 is 1.56 bits per heavy atom. The van der Waals surface area contributed by atoms with Crippen LogP contribution in [0.2, 0.25) is 0 Å². The molecule has 0 aromatic carbocycles. The fraction of sp³-hybridized carbons (Fsp3) is 0. The molecule has 2 heterocycles. The molecule has 0 aliphatic carbocycles. The highest BCUT2D eigenvalue weighted by Gasteiger charge is 1.90. The molecule has 0 amide bonds. The summed E-state index contributed by atoms with van der Waals surface area (Å²) in [5.74, 6) is 0. The first-order valence-corrected chi connectivity index (χ1v) is 2.36. The van der Waals surface area contributed by atoms with Crippen LogP contribution >= 0.6 is 0 Å². The van der Waals surface area contributed by atoms with Crippen LogP contribution in [-0.4, -0.2) is 24.8 Å². The maximum Gasteiger partial charge on any atom is 0.201 e. The van der Waals surface area contributed by atoms with Crippen molar-refractivity contribution in [2.75, 3.05) is 0 Å². The van der Waals surface area contributed by atoms with E-state index >= 15 is 0 Å². The second-order valence-corrected chi connectivity index (χ2v) is 1.49. The molecule has 0 saturated heterocycles. The predicted molar refractivity (Wildman–Crippen MR) is 27.4 cm³/mol. The summed E-state index contributed by atoms with van der Waals surface area (Å²) >= 11 is 0. The lowest BCUT2D eigenvalue weighted by molar-refractivity contribution is 0.818. The van der Waals surface area contributed by atoms with Gasteiger partial charge in [-0.3, -0.25) is 0 Å². The van der Waals surface area contributed by atoms with E-state index in [4.69, 9.17) is 0 Å². The summed E-state index contributed by atoms with van der Waals surface area (Å²) in [7, 11) is 0. The molecule has 0 bridgehead atoms. The Balaban J connectivity index is 2.95. The first-order chi connectivity index (χ1) is 4.47. The zero-order chi connectivity index (χ0) is 6.10. The van der Waals surface area contributed by atoms with Crippen LogP contribution in [-0.2, 0) is 0 Å². The Labute approximate surface area is 50.4 Å². The van der Waals surface area contributed by atoms with Crippen LogP contribution in [0.15, 0.2) is 12.5 Å². The molecular formula is C4H2N5. The molecule has 9 heavy (non-hydrogen) atoms. The standard InChI is InChI=1S/C4H2N5/c1-4-6-2-5-3-9(4)8-7-1/h1,3H. The van der Waals surface area contributed by atoms with E-state index in [0.717, 1.165) is 0 Å². The normalized spacial score (nSPS) is 10.2. The average molecular weight is 120 g/mol. The first-order valence-electron chi connectivity index (χ1n) is 2.36. The van der Waals surface area contributed by atoms with Crippen LogP contribution in [0.4, 0.5) is 0 Å². The zero-order valence-corrected chi connectivity index (χ0v) is 4.39.